The van der Waals surface area contributed by atoms with Gasteiger partial charge in [0.15, 0.2) is 0 Å². The molecule has 0 spiro atoms. The summed E-state index contributed by atoms with van der Waals surface area (Å²) in [6, 6.07) is 14.1. The lowest BCUT2D eigenvalue weighted by Gasteiger charge is -2.14. The highest BCUT2D eigenvalue weighted by atomic mass is 19.1. The van der Waals surface area contributed by atoms with Crippen LogP contribution in [0.3, 0.4) is 0 Å². The van der Waals surface area contributed by atoms with E-state index in [4.69, 9.17) is 0 Å². The van der Waals surface area contributed by atoms with Gasteiger partial charge in [-0.25, -0.2) is 4.39 Å². The number of fused-ring (bicyclic) bond motifs is 1. The fourth-order valence-corrected chi connectivity index (χ4v) is 2.47. The van der Waals surface area contributed by atoms with Crippen LogP contribution in [0.1, 0.15) is 28.5 Å². The van der Waals surface area contributed by atoms with E-state index in [1.165, 1.54) is 6.07 Å². The van der Waals surface area contributed by atoms with Crippen molar-refractivity contribution in [2.45, 2.75) is 20.0 Å². The second kappa shape index (κ2) is 5.26. The zero-order valence-corrected chi connectivity index (χ0v) is 12.0. The summed E-state index contributed by atoms with van der Waals surface area (Å²) in [6.07, 6.45) is -0.976. The summed E-state index contributed by atoms with van der Waals surface area (Å²) in [6.45, 7) is 3.81. The summed E-state index contributed by atoms with van der Waals surface area (Å²) in [5.74, 6) is -0.393. The zero-order chi connectivity index (χ0) is 15.0. The fourth-order valence-electron chi connectivity index (χ4n) is 2.47. The zero-order valence-electron chi connectivity index (χ0n) is 12.0. The number of hydrogen-bond acceptors (Lipinski definition) is 2. The molecule has 2 aromatic carbocycles. The summed E-state index contributed by atoms with van der Waals surface area (Å²) in [5.41, 5.74) is 3.70. The van der Waals surface area contributed by atoms with Gasteiger partial charge in [-0.15, -0.1) is 0 Å². The monoisotopic (exact) mass is 281 g/mol. The second-order valence-electron chi connectivity index (χ2n) is 5.33. The molecule has 0 aliphatic carbocycles. The number of hydrogen-bond donors (Lipinski definition) is 1. The maximum absolute atomic E-state index is 13.9. The number of halogens is 1. The van der Waals surface area contributed by atoms with Crippen molar-refractivity contribution in [2.24, 2.45) is 0 Å². The van der Waals surface area contributed by atoms with Gasteiger partial charge < -0.3 is 5.11 Å². The Morgan fingerprint density at radius 2 is 1.81 bits per heavy atom. The molecule has 3 aromatic rings. The van der Waals surface area contributed by atoms with E-state index in [1.54, 1.807) is 18.2 Å². The van der Waals surface area contributed by atoms with E-state index < -0.39 is 11.9 Å². The smallest absolute Gasteiger partial charge is 0.129 e. The van der Waals surface area contributed by atoms with Gasteiger partial charge in [0.25, 0.3) is 0 Å². The minimum absolute atomic E-state index is 0.300. The molecule has 106 valence electrons. The summed E-state index contributed by atoms with van der Waals surface area (Å²) in [4.78, 5) is 4.42. The molecule has 1 heterocycles. The van der Waals surface area contributed by atoms with E-state index >= 15 is 0 Å². The second-order valence-corrected chi connectivity index (χ2v) is 5.33. The molecule has 1 unspecified atom stereocenters. The third-order valence-electron chi connectivity index (χ3n) is 3.61. The van der Waals surface area contributed by atoms with Gasteiger partial charge in [-0.2, -0.15) is 0 Å². The van der Waals surface area contributed by atoms with E-state index in [9.17, 15) is 9.50 Å². The largest absolute Gasteiger partial charge is 0.384 e. The summed E-state index contributed by atoms with van der Waals surface area (Å²) >= 11 is 0. The van der Waals surface area contributed by atoms with Crippen molar-refractivity contribution in [2.75, 3.05) is 0 Å². The Balaban J connectivity index is 2.07. The van der Waals surface area contributed by atoms with Gasteiger partial charge in [-0.1, -0.05) is 29.8 Å². The number of nitrogens with zero attached hydrogens (tertiary/aromatic N) is 1. The molecule has 0 amide bonds. The Hall–Kier alpha value is -2.26. The molecule has 1 atom stereocenters. The SMILES string of the molecule is Cc1ccc(F)c(C(O)c2ccc3nc(C)ccc3c2)c1. The molecule has 1 aromatic heterocycles. The van der Waals surface area contributed by atoms with Crippen molar-refractivity contribution in [3.8, 4) is 0 Å². The Morgan fingerprint density at radius 1 is 1.00 bits per heavy atom. The highest BCUT2D eigenvalue weighted by Crippen LogP contribution is 2.27. The topological polar surface area (TPSA) is 33.1 Å². The quantitative estimate of drug-likeness (QED) is 0.768. The maximum Gasteiger partial charge on any atom is 0.129 e. The Kier molecular flexibility index (Phi) is 3.43. The summed E-state index contributed by atoms with van der Waals surface area (Å²) in [5, 5.41) is 11.4. The van der Waals surface area contributed by atoms with Gasteiger partial charge in [-0.05, 0) is 43.7 Å². The molecular weight excluding hydrogens is 265 g/mol. The van der Waals surface area contributed by atoms with Crippen LogP contribution in [-0.4, -0.2) is 10.1 Å². The number of aryl methyl sites for hydroxylation is 2. The molecule has 3 heteroatoms. The number of aromatic nitrogens is 1. The normalized spacial score (nSPS) is 12.6. The Bertz CT molecular complexity index is 813. The average molecular weight is 281 g/mol. The highest BCUT2D eigenvalue weighted by Gasteiger charge is 2.15. The molecule has 2 nitrogen and oxygen atoms in total. The van der Waals surface area contributed by atoms with Crippen LogP contribution in [0.15, 0.2) is 48.5 Å². The summed E-state index contributed by atoms with van der Waals surface area (Å²) in [7, 11) is 0. The van der Waals surface area contributed by atoms with Gasteiger partial charge in [0.05, 0.1) is 5.52 Å². The maximum atomic E-state index is 13.9. The Morgan fingerprint density at radius 3 is 2.62 bits per heavy atom. The lowest BCUT2D eigenvalue weighted by Crippen LogP contribution is -2.03. The van der Waals surface area contributed by atoms with E-state index in [0.717, 1.165) is 22.2 Å². The number of benzene rings is 2. The first-order valence-electron chi connectivity index (χ1n) is 6.86. The molecule has 0 bridgehead atoms. The molecule has 0 fully saturated rings. The molecule has 0 radical (unpaired) electrons. The van der Waals surface area contributed by atoms with Crippen LogP contribution in [0.25, 0.3) is 10.9 Å². The molecule has 0 saturated carbocycles. The van der Waals surface area contributed by atoms with Crippen molar-refractivity contribution >= 4 is 10.9 Å². The number of pyridine rings is 1. The van der Waals surface area contributed by atoms with Gasteiger partial charge in [0.2, 0.25) is 0 Å². The van der Waals surface area contributed by atoms with Crippen LogP contribution in [0, 0.1) is 19.7 Å². The molecule has 0 aliphatic rings. The molecule has 0 aliphatic heterocycles. The minimum Gasteiger partial charge on any atom is -0.384 e. The third kappa shape index (κ3) is 2.65. The van der Waals surface area contributed by atoms with Crippen molar-refractivity contribution < 1.29 is 9.50 Å². The lowest BCUT2D eigenvalue weighted by atomic mass is 9.98. The lowest BCUT2D eigenvalue weighted by molar-refractivity contribution is 0.215. The van der Waals surface area contributed by atoms with Crippen molar-refractivity contribution in [3.05, 3.63) is 76.7 Å². The van der Waals surface area contributed by atoms with E-state index in [0.29, 0.717) is 11.1 Å². The van der Waals surface area contributed by atoms with Crippen LogP contribution >= 0.6 is 0 Å². The molecule has 1 N–H and O–H groups in total. The van der Waals surface area contributed by atoms with E-state index in [-0.39, 0.29) is 0 Å². The van der Waals surface area contributed by atoms with Crippen molar-refractivity contribution in [1.29, 1.82) is 0 Å². The average Bonchev–Trinajstić information content (AvgIpc) is 2.48. The van der Waals surface area contributed by atoms with Gasteiger partial charge >= 0.3 is 0 Å². The van der Waals surface area contributed by atoms with E-state index in [2.05, 4.69) is 4.98 Å². The third-order valence-corrected chi connectivity index (χ3v) is 3.61. The van der Waals surface area contributed by atoms with Crippen LogP contribution in [-0.2, 0) is 0 Å². The van der Waals surface area contributed by atoms with Crippen molar-refractivity contribution in [1.82, 2.24) is 4.98 Å². The molecule has 21 heavy (non-hydrogen) atoms. The number of aliphatic hydroxyl groups is 1. The number of rotatable bonds is 2. The first-order valence-corrected chi connectivity index (χ1v) is 6.86. The van der Waals surface area contributed by atoms with Gasteiger partial charge in [-0.3, -0.25) is 4.98 Å². The molecule has 0 saturated heterocycles. The van der Waals surface area contributed by atoms with Crippen LogP contribution in [0.2, 0.25) is 0 Å². The van der Waals surface area contributed by atoms with Gasteiger partial charge in [0.1, 0.15) is 11.9 Å². The fraction of sp³-hybridized carbons (Fsp3) is 0.167. The van der Waals surface area contributed by atoms with E-state index in [1.807, 2.05) is 38.1 Å². The first-order chi connectivity index (χ1) is 10.0. The molecular formula is C18H16FNO. The van der Waals surface area contributed by atoms with Crippen molar-refractivity contribution in [3.63, 3.8) is 0 Å². The summed E-state index contributed by atoms with van der Waals surface area (Å²) < 4.78 is 13.9. The predicted octanol–water partition coefficient (Wildman–Crippen LogP) is 4.07. The van der Waals surface area contributed by atoms with Crippen LogP contribution in [0.5, 0.6) is 0 Å². The Labute approximate surface area is 122 Å². The van der Waals surface area contributed by atoms with Crippen LogP contribution < -0.4 is 0 Å². The standard InChI is InChI=1S/C18H16FNO/c1-11-3-7-16(19)15(9-11)18(21)14-6-8-17-13(10-14)5-4-12(2)20-17/h3-10,18,21H,1-2H3. The van der Waals surface area contributed by atoms with Crippen LogP contribution in [0.4, 0.5) is 4.39 Å². The van der Waals surface area contributed by atoms with Gasteiger partial charge in [0, 0.05) is 16.6 Å². The first kappa shape index (κ1) is 13.7. The molecule has 3 rings (SSSR count). The highest BCUT2D eigenvalue weighted by molar-refractivity contribution is 5.79. The number of aliphatic hydroxyl groups excluding tert-OH is 1. The minimum atomic E-state index is -0.976. The predicted molar refractivity (Wildman–Crippen MR) is 81.7 cm³/mol.